The first-order valence-corrected chi connectivity index (χ1v) is 9.85. The number of aryl methyl sites for hydroxylation is 1. The van der Waals surface area contributed by atoms with Crippen LogP contribution in [0.1, 0.15) is 23.6 Å². The molecule has 0 aliphatic heterocycles. The van der Waals surface area contributed by atoms with Gasteiger partial charge in [0.05, 0.1) is 12.4 Å². The van der Waals surface area contributed by atoms with Crippen LogP contribution in [0.2, 0.25) is 0 Å². The fourth-order valence-corrected chi connectivity index (χ4v) is 3.51. The normalized spacial score (nSPS) is 12.1. The molecule has 1 atom stereocenters. The van der Waals surface area contributed by atoms with E-state index in [4.69, 9.17) is 15.0 Å². The first-order valence-electron chi connectivity index (χ1n) is 8.97. The van der Waals surface area contributed by atoms with Gasteiger partial charge in [-0.1, -0.05) is 29.5 Å². The van der Waals surface area contributed by atoms with Crippen molar-refractivity contribution in [3.63, 3.8) is 0 Å². The van der Waals surface area contributed by atoms with E-state index in [1.165, 1.54) is 22.0 Å². The number of ether oxygens (including phenoxy) is 1. The van der Waals surface area contributed by atoms with Gasteiger partial charge in [-0.2, -0.15) is 0 Å². The first kappa shape index (κ1) is 19.0. The monoisotopic (exact) mass is 408 g/mol. The molecule has 0 radical (unpaired) electrons. The van der Waals surface area contributed by atoms with Crippen LogP contribution in [0.15, 0.2) is 58.1 Å². The highest BCUT2D eigenvalue weighted by Gasteiger charge is 2.20. The predicted molar refractivity (Wildman–Crippen MR) is 111 cm³/mol. The molecule has 0 aliphatic rings. The van der Waals surface area contributed by atoms with E-state index in [9.17, 15) is 0 Å². The van der Waals surface area contributed by atoms with E-state index < -0.39 is 0 Å². The van der Waals surface area contributed by atoms with Crippen molar-refractivity contribution in [2.75, 3.05) is 13.0 Å². The zero-order chi connectivity index (χ0) is 20.4. The zero-order valence-electron chi connectivity index (χ0n) is 16.2. The molecule has 29 heavy (non-hydrogen) atoms. The summed E-state index contributed by atoms with van der Waals surface area (Å²) in [5.74, 6) is 8.53. The van der Waals surface area contributed by atoms with Gasteiger partial charge in [0.1, 0.15) is 5.75 Å². The summed E-state index contributed by atoms with van der Waals surface area (Å²) in [4.78, 5) is 0. The molecule has 148 valence electrons. The number of rotatable bonds is 6. The van der Waals surface area contributed by atoms with Gasteiger partial charge in [-0.05, 0) is 50.2 Å². The van der Waals surface area contributed by atoms with Crippen LogP contribution in [0.3, 0.4) is 0 Å². The lowest BCUT2D eigenvalue weighted by Crippen LogP contribution is -2.12. The van der Waals surface area contributed by atoms with E-state index in [1.54, 1.807) is 7.11 Å². The Labute approximate surface area is 172 Å². The number of nitrogen functional groups attached to an aromatic ring is 1. The second-order valence-electron chi connectivity index (χ2n) is 6.48. The summed E-state index contributed by atoms with van der Waals surface area (Å²) >= 11 is 1.40. The number of aromatic nitrogens is 5. The summed E-state index contributed by atoms with van der Waals surface area (Å²) < 4.78 is 12.5. The van der Waals surface area contributed by atoms with E-state index >= 15 is 0 Å². The number of hydrogen-bond acceptors (Lipinski definition) is 8. The molecule has 0 spiro atoms. The van der Waals surface area contributed by atoms with Crippen LogP contribution in [0.25, 0.3) is 22.8 Å². The van der Waals surface area contributed by atoms with Gasteiger partial charge >= 0.3 is 0 Å². The molecule has 8 nitrogen and oxygen atoms in total. The van der Waals surface area contributed by atoms with Crippen LogP contribution in [0, 0.1) is 6.92 Å². The summed E-state index contributed by atoms with van der Waals surface area (Å²) in [5.41, 5.74) is 2.91. The molecule has 0 bridgehead atoms. The van der Waals surface area contributed by atoms with E-state index in [-0.39, 0.29) is 5.25 Å². The van der Waals surface area contributed by atoms with Gasteiger partial charge in [0.2, 0.25) is 16.9 Å². The van der Waals surface area contributed by atoms with Gasteiger partial charge in [0.25, 0.3) is 0 Å². The molecular formula is C20H20N6O2S. The molecule has 2 heterocycles. The van der Waals surface area contributed by atoms with Gasteiger partial charge < -0.3 is 15.0 Å². The maximum atomic E-state index is 6.22. The molecule has 2 aromatic carbocycles. The molecule has 4 rings (SSSR count). The van der Waals surface area contributed by atoms with Gasteiger partial charge in [0, 0.05) is 11.1 Å². The minimum absolute atomic E-state index is 0.142. The van der Waals surface area contributed by atoms with E-state index in [2.05, 4.69) is 20.4 Å². The highest BCUT2D eigenvalue weighted by Crippen LogP contribution is 2.35. The Morgan fingerprint density at radius 3 is 2.34 bits per heavy atom. The second-order valence-corrected chi connectivity index (χ2v) is 7.78. The Morgan fingerprint density at radius 1 is 0.966 bits per heavy atom. The SMILES string of the molecule is COc1ccc(-c2nnc(S[C@H](C)c3nnc(-c4ccc(C)cc4)o3)n2N)cc1. The van der Waals surface area contributed by atoms with E-state index in [1.807, 2.05) is 62.4 Å². The fraction of sp³-hybridized carbons (Fsp3) is 0.200. The van der Waals surface area contributed by atoms with Gasteiger partial charge in [-0.15, -0.1) is 20.4 Å². The lowest BCUT2D eigenvalue weighted by molar-refractivity contribution is 0.415. The van der Waals surface area contributed by atoms with Crippen molar-refractivity contribution in [1.29, 1.82) is 0 Å². The number of benzene rings is 2. The van der Waals surface area contributed by atoms with Crippen molar-refractivity contribution in [1.82, 2.24) is 25.1 Å². The molecule has 0 aliphatic carbocycles. The average molecular weight is 408 g/mol. The third kappa shape index (κ3) is 3.95. The summed E-state index contributed by atoms with van der Waals surface area (Å²) in [6, 6.07) is 15.4. The smallest absolute Gasteiger partial charge is 0.247 e. The molecule has 2 aromatic heterocycles. The topological polar surface area (TPSA) is 105 Å². The van der Waals surface area contributed by atoms with Crippen LogP contribution in [0.4, 0.5) is 0 Å². The standard InChI is InChI=1S/C20H20N6O2S/c1-12-4-6-15(7-5-12)19-24-23-18(28-19)13(2)29-20-25-22-17(26(20)21)14-8-10-16(27-3)11-9-14/h4-11,13H,21H2,1-3H3/t13-/m1/s1. The zero-order valence-corrected chi connectivity index (χ0v) is 17.1. The van der Waals surface area contributed by atoms with Crippen molar-refractivity contribution in [3.8, 4) is 28.6 Å². The van der Waals surface area contributed by atoms with Crippen molar-refractivity contribution < 1.29 is 9.15 Å². The lowest BCUT2D eigenvalue weighted by Gasteiger charge is -2.07. The largest absolute Gasteiger partial charge is 0.497 e. The maximum absolute atomic E-state index is 6.22. The maximum Gasteiger partial charge on any atom is 0.247 e. The van der Waals surface area contributed by atoms with Crippen LogP contribution >= 0.6 is 11.8 Å². The Bertz CT molecular complexity index is 1100. The van der Waals surface area contributed by atoms with Crippen LogP contribution < -0.4 is 10.6 Å². The van der Waals surface area contributed by atoms with Gasteiger partial charge in [-0.25, -0.2) is 4.68 Å². The number of nitrogens with two attached hydrogens (primary N) is 1. The molecule has 2 N–H and O–H groups in total. The molecule has 0 saturated heterocycles. The lowest BCUT2D eigenvalue weighted by atomic mass is 10.1. The summed E-state index contributed by atoms with van der Waals surface area (Å²) in [6.45, 7) is 3.99. The van der Waals surface area contributed by atoms with Crippen molar-refractivity contribution >= 4 is 11.8 Å². The Morgan fingerprint density at radius 2 is 1.66 bits per heavy atom. The number of nitrogens with zero attached hydrogens (tertiary/aromatic N) is 5. The molecule has 9 heteroatoms. The number of thioether (sulfide) groups is 1. The number of methoxy groups -OCH3 is 1. The van der Waals surface area contributed by atoms with Gasteiger partial charge in [-0.3, -0.25) is 0 Å². The third-order valence-corrected chi connectivity index (χ3v) is 5.43. The Kier molecular flexibility index (Phi) is 5.22. The van der Waals surface area contributed by atoms with Crippen LogP contribution in [0.5, 0.6) is 5.75 Å². The molecule has 0 fully saturated rings. The van der Waals surface area contributed by atoms with Crippen LogP contribution in [-0.2, 0) is 0 Å². The number of hydrogen-bond donors (Lipinski definition) is 1. The quantitative estimate of drug-likeness (QED) is 0.378. The van der Waals surface area contributed by atoms with Crippen molar-refractivity contribution in [2.24, 2.45) is 0 Å². The first-order chi connectivity index (χ1) is 14.0. The summed E-state index contributed by atoms with van der Waals surface area (Å²) in [6.07, 6.45) is 0. The average Bonchev–Trinajstić information content (AvgIpc) is 3.37. The summed E-state index contributed by atoms with van der Waals surface area (Å²) in [7, 11) is 1.62. The van der Waals surface area contributed by atoms with E-state index in [0.29, 0.717) is 22.8 Å². The highest BCUT2D eigenvalue weighted by molar-refractivity contribution is 7.99. The van der Waals surface area contributed by atoms with Crippen molar-refractivity contribution in [3.05, 3.63) is 60.0 Å². The molecule has 0 amide bonds. The minimum atomic E-state index is -0.142. The van der Waals surface area contributed by atoms with Crippen molar-refractivity contribution in [2.45, 2.75) is 24.3 Å². The third-order valence-electron chi connectivity index (χ3n) is 4.38. The van der Waals surface area contributed by atoms with Gasteiger partial charge in [0.15, 0.2) is 5.82 Å². The molecule has 0 saturated carbocycles. The highest BCUT2D eigenvalue weighted by atomic mass is 32.2. The molecular weight excluding hydrogens is 388 g/mol. The predicted octanol–water partition coefficient (Wildman–Crippen LogP) is 3.88. The Hall–Kier alpha value is -3.33. The summed E-state index contributed by atoms with van der Waals surface area (Å²) in [5, 5.41) is 17.2. The second kappa shape index (κ2) is 7.96. The fourth-order valence-electron chi connectivity index (χ4n) is 2.71. The van der Waals surface area contributed by atoms with E-state index in [0.717, 1.165) is 16.9 Å². The Balaban J connectivity index is 1.51. The minimum Gasteiger partial charge on any atom is -0.497 e. The molecule has 4 aromatic rings. The van der Waals surface area contributed by atoms with Crippen LogP contribution in [-0.4, -0.2) is 32.2 Å². The molecule has 0 unspecified atom stereocenters.